The molecule has 0 spiro atoms. The fourth-order valence-electron chi connectivity index (χ4n) is 2.39. The molecule has 2 N–H and O–H groups in total. The standard InChI is InChI=1S/C17H16ClFN6O/c1-9-6-10(2)25(24-9)17-22-15(20-11(3)26)8-16(23-17)21-12-4-5-14(19)13(18)7-12/h4-8H,1-3H3,(H2,20,21,22,23,26). The van der Waals surface area contributed by atoms with Gasteiger partial charge in [-0.15, -0.1) is 0 Å². The van der Waals surface area contributed by atoms with Gasteiger partial charge in [0, 0.05) is 24.4 Å². The summed E-state index contributed by atoms with van der Waals surface area (Å²) in [4.78, 5) is 20.2. The van der Waals surface area contributed by atoms with Crippen LogP contribution in [0.3, 0.4) is 0 Å². The van der Waals surface area contributed by atoms with Gasteiger partial charge in [0.2, 0.25) is 5.91 Å². The van der Waals surface area contributed by atoms with Crippen LogP contribution in [0, 0.1) is 19.7 Å². The third kappa shape index (κ3) is 3.97. The number of carbonyl (C=O) groups excluding carboxylic acids is 1. The molecule has 1 amide bonds. The number of aromatic nitrogens is 4. The predicted octanol–water partition coefficient (Wildman–Crippen LogP) is 3.77. The van der Waals surface area contributed by atoms with E-state index in [9.17, 15) is 9.18 Å². The lowest BCUT2D eigenvalue weighted by molar-refractivity contribution is -0.114. The molecule has 0 radical (unpaired) electrons. The van der Waals surface area contributed by atoms with Crippen LogP contribution < -0.4 is 10.6 Å². The van der Waals surface area contributed by atoms with Crippen molar-refractivity contribution in [2.45, 2.75) is 20.8 Å². The Labute approximate surface area is 154 Å². The van der Waals surface area contributed by atoms with Crippen LogP contribution in [-0.4, -0.2) is 25.7 Å². The molecule has 2 heterocycles. The number of rotatable bonds is 4. The molecule has 0 aliphatic heterocycles. The Kier molecular flexibility index (Phi) is 4.85. The lowest BCUT2D eigenvalue weighted by atomic mass is 10.3. The molecule has 0 aliphatic rings. The van der Waals surface area contributed by atoms with Crippen LogP contribution in [0.5, 0.6) is 0 Å². The summed E-state index contributed by atoms with van der Waals surface area (Å²) >= 11 is 5.81. The number of nitrogens with zero attached hydrogens (tertiary/aromatic N) is 4. The van der Waals surface area contributed by atoms with Gasteiger partial charge in [0.1, 0.15) is 17.5 Å². The number of halogens is 2. The number of nitrogens with one attached hydrogen (secondary N) is 2. The summed E-state index contributed by atoms with van der Waals surface area (Å²) in [6.07, 6.45) is 0. The molecule has 134 valence electrons. The smallest absolute Gasteiger partial charge is 0.254 e. The molecule has 2 aromatic heterocycles. The molecule has 0 saturated heterocycles. The van der Waals surface area contributed by atoms with Crippen molar-refractivity contribution < 1.29 is 9.18 Å². The highest BCUT2D eigenvalue weighted by atomic mass is 35.5. The van der Waals surface area contributed by atoms with E-state index < -0.39 is 5.82 Å². The van der Waals surface area contributed by atoms with Crippen LogP contribution in [-0.2, 0) is 4.79 Å². The van der Waals surface area contributed by atoms with Gasteiger partial charge < -0.3 is 10.6 Å². The third-order valence-corrected chi connectivity index (χ3v) is 3.70. The minimum Gasteiger partial charge on any atom is -0.340 e. The number of amides is 1. The Morgan fingerprint density at radius 3 is 2.50 bits per heavy atom. The van der Waals surface area contributed by atoms with Gasteiger partial charge in [0.05, 0.1) is 10.7 Å². The predicted molar refractivity (Wildman–Crippen MR) is 97.6 cm³/mol. The molecule has 0 aliphatic carbocycles. The number of benzene rings is 1. The number of anilines is 3. The Hall–Kier alpha value is -3.00. The van der Waals surface area contributed by atoms with Gasteiger partial charge in [-0.3, -0.25) is 4.79 Å². The molecule has 26 heavy (non-hydrogen) atoms. The van der Waals surface area contributed by atoms with Gasteiger partial charge in [-0.2, -0.15) is 15.1 Å². The van der Waals surface area contributed by atoms with Crippen LogP contribution in [0.25, 0.3) is 5.95 Å². The molecule has 0 fully saturated rings. The fraction of sp³-hybridized carbons (Fsp3) is 0.176. The van der Waals surface area contributed by atoms with Crippen molar-refractivity contribution in [2.75, 3.05) is 10.6 Å². The summed E-state index contributed by atoms with van der Waals surface area (Å²) in [5.41, 5.74) is 2.21. The first-order valence-electron chi connectivity index (χ1n) is 7.74. The first kappa shape index (κ1) is 17.8. The van der Waals surface area contributed by atoms with Crippen LogP contribution in [0.2, 0.25) is 5.02 Å². The van der Waals surface area contributed by atoms with E-state index in [0.29, 0.717) is 17.3 Å². The Morgan fingerprint density at radius 1 is 1.15 bits per heavy atom. The SMILES string of the molecule is CC(=O)Nc1cc(Nc2ccc(F)c(Cl)c2)nc(-n2nc(C)cc2C)n1. The highest BCUT2D eigenvalue weighted by Crippen LogP contribution is 2.24. The van der Waals surface area contributed by atoms with Gasteiger partial charge in [0.25, 0.3) is 5.95 Å². The molecule has 3 rings (SSSR count). The molecule has 0 saturated carbocycles. The maximum Gasteiger partial charge on any atom is 0.254 e. The molecule has 7 nitrogen and oxygen atoms in total. The van der Waals surface area contributed by atoms with Crippen molar-refractivity contribution in [3.8, 4) is 5.95 Å². The van der Waals surface area contributed by atoms with Gasteiger partial charge in [-0.05, 0) is 38.1 Å². The third-order valence-electron chi connectivity index (χ3n) is 3.41. The van der Waals surface area contributed by atoms with E-state index in [0.717, 1.165) is 11.4 Å². The second-order valence-corrected chi connectivity index (χ2v) is 6.12. The van der Waals surface area contributed by atoms with Gasteiger partial charge in [0.15, 0.2) is 0 Å². The molecule has 0 unspecified atom stereocenters. The Bertz CT molecular complexity index is 987. The minimum atomic E-state index is -0.512. The summed E-state index contributed by atoms with van der Waals surface area (Å²) in [6.45, 7) is 5.13. The van der Waals surface area contributed by atoms with E-state index in [2.05, 4.69) is 25.7 Å². The maximum atomic E-state index is 13.3. The Balaban J connectivity index is 2.03. The average Bonchev–Trinajstić information content (AvgIpc) is 2.89. The fourth-order valence-corrected chi connectivity index (χ4v) is 2.57. The van der Waals surface area contributed by atoms with Crippen molar-refractivity contribution in [3.05, 3.63) is 52.6 Å². The van der Waals surface area contributed by atoms with Gasteiger partial charge >= 0.3 is 0 Å². The van der Waals surface area contributed by atoms with E-state index in [4.69, 9.17) is 11.6 Å². The summed E-state index contributed by atoms with van der Waals surface area (Å²) in [7, 11) is 0. The van der Waals surface area contributed by atoms with Crippen LogP contribution in [0.1, 0.15) is 18.3 Å². The number of hydrogen-bond donors (Lipinski definition) is 2. The summed E-state index contributed by atoms with van der Waals surface area (Å²) in [5, 5.41) is 10.0. The average molecular weight is 375 g/mol. The first-order chi connectivity index (χ1) is 12.3. The molecule has 0 bridgehead atoms. The Morgan fingerprint density at radius 2 is 1.88 bits per heavy atom. The van der Waals surface area contributed by atoms with E-state index in [1.807, 2.05) is 19.9 Å². The first-order valence-corrected chi connectivity index (χ1v) is 8.12. The summed E-state index contributed by atoms with van der Waals surface area (Å²) < 4.78 is 14.9. The molecular weight excluding hydrogens is 359 g/mol. The van der Waals surface area contributed by atoms with Crippen LogP contribution in [0.15, 0.2) is 30.3 Å². The lowest BCUT2D eigenvalue weighted by Crippen LogP contribution is -2.12. The van der Waals surface area contributed by atoms with Gasteiger partial charge in [-0.25, -0.2) is 9.07 Å². The number of aryl methyl sites for hydroxylation is 2. The monoisotopic (exact) mass is 374 g/mol. The van der Waals surface area contributed by atoms with Crippen molar-refractivity contribution in [1.82, 2.24) is 19.7 Å². The van der Waals surface area contributed by atoms with Crippen LogP contribution in [0.4, 0.5) is 21.7 Å². The van der Waals surface area contributed by atoms with Crippen molar-refractivity contribution in [3.63, 3.8) is 0 Å². The van der Waals surface area contributed by atoms with Crippen LogP contribution >= 0.6 is 11.6 Å². The highest BCUT2D eigenvalue weighted by Gasteiger charge is 2.12. The summed E-state index contributed by atoms with van der Waals surface area (Å²) in [5.74, 6) is 0.221. The topological polar surface area (TPSA) is 84.7 Å². The second kappa shape index (κ2) is 7.09. The van der Waals surface area contributed by atoms with Gasteiger partial charge in [-0.1, -0.05) is 11.6 Å². The highest BCUT2D eigenvalue weighted by molar-refractivity contribution is 6.31. The van der Waals surface area contributed by atoms with E-state index in [1.165, 1.54) is 25.1 Å². The van der Waals surface area contributed by atoms with E-state index >= 15 is 0 Å². The molecular formula is C17H16ClFN6O. The van der Waals surface area contributed by atoms with Crippen molar-refractivity contribution in [2.24, 2.45) is 0 Å². The minimum absolute atomic E-state index is 0.00934. The zero-order chi connectivity index (χ0) is 18.8. The molecule has 9 heteroatoms. The quantitative estimate of drug-likeness (QED) is 0.726. The summed E-state index contributed by atoms with van der Waals surface area (Å²) in [6, 6.07) is 7.68. The molecule has 3 aromatic rings. The van der Waals surface area contributed by atoms with Crippen molar-refractivity contribution in [1.29, 1.82) is 0 Å². The molecule has 1 aromatic carbocycles. The molecule has 0 atom stereocenters. The lowest BCUT2D eigenvalue weighted by Gasteiger charge is -2.11. The number of carbonyl (C=O) groups is 1. The number of hydrogen-bond acceptors (Lipinski definition) is 5. The zero-order valence-electron chi connectivity index (χ0n) is 14.3. The van der Waals surface area contributed by atoms with E-state index in [1.54, 1.807) is 10.7 Å². The zero-order valence-corrected chi connectivity index (χ0v) is 15.1. The van der Waals surface area contributed by atoms with Crippen molar-refractivity contribution >= 4 is 34.8 Å². The largest absolute Gasteiger partial charge is 0.340 e. The second-order valence-electron chi connectivity index (χ2n) is 5.71. The normalized spacial score (nSPS) is 10.7. The van der Waals surface area contributed by atoms with E-state index in [-0.39, 0.29) is 16.9 Å². The maximum absolute atomic E-state index is 13.3.